The highest BCUT2D eigenvalue weighted by molar-refractivity contribution is 5.92. The maximum Gasteiger partial charge on any atom is 0.228 e. The molecule has 2 aromatic rings. The van der Waals surface area contributed by atoms with Crippen molar-refractivity contribution in [3.8, 4) is 17.2 Å². The lowest BCUT2D eigenvalue weighted by Crippen LogP contribution is -2.33. The van der Waals surface area contributed by atoms with E-state index in [1.807, 2.05) is 11.9 Å². The number of halogens is 1. The van der Waals surface area contributed by atoms with Gasteiger partial charge in [-0.05, 0) is 48.7 Å². The second kappa shape index (κ2) is 10.4. The van der Waals surface area contributed by atoms with Crippen LogP contribution in [0.15, 0.2) is 30.3 Å². The first-order valence-corrected chi connectivity index (χ1v) is 10.6. The van der Waals surface area contributed by atoms with Crippen LogP contribution in [-0.4, -0.2) is 40.3 Å². The van der Waals surface area contributed by atoms with E-state index < -0.39 is 0 Å². The second-order valence-electron chi connectivity index (χ2n) is 7.83. The fourth-order valence-corrected chi connectivity index (χ4v) is 4.16. The van der Waals surface area contributed by atoms with Gasteiger partial charge in [-0.3, -0.25) is 4.79 Å². The molecule has 0 unspecified atom stereocenters. The number of hydrogen-bond donors (Lipinski definition) is 1. The SMILES string of the molecule is COc1cc(CC(=O)Nc2ccc(N(C)C3CCCCC3)c(F)c2)cc(OC)c1OC. The lowest BCUT2D eigenvalue weighted by molar-refractivity contribution is -0.115. The predicted octanol–water partition coefficient (Wildman–Crippen LogP) is 4.80. The second-order valence-corrected chi connectivity index (χ2v) is 7.83. The maximum atomic E-state index is 14.8. The summed E-state index contributed by atoms with van der Waals surface area (Å²) in [4.78, 5) is 14.6. The van der Waals surface area contributed by atoms with Crippen LogP contribution in [0.25, 0.3) is 0 Å². The van der Waals surface area contributed by atoms with Gasteiger partial charge in [0, 0.05) is 18.8 Å². The van der Waals surface area contributed by atoms with E-state index in [2.05, 4.69) is 5.32 Å². The van der Waals surface area contributed by atoms with E-state index in [0.29, 0.717) is 40.2 Å². The van der Waals surface area contributed by atoms with Gasteiger partial charge in [0.25, 0.3) is 0 Å². The van der Waals surface area contributed by atoms with Gasteiger partial charge in [-0.15, -0.1) is 0 Å². The zero-order chi connectivity index (χ0) is 22.4. The molecular weight excluding hydrogens is 399 g/mol. The summed E-state index contributed by atoms with van der Waals surface area (Å²) in [7, 11) is 6.51. The number of nitrogens with one attached hydrogen (secondary N) is 1. The van der Waals surface area contributed by atoms with E-state index >= 15 is 0 Å². The largest absolute Gasteiger partial charge is 0.493 e. The van der Waals surface area contributed by atoms with Crippen molar-refractivity contribution >= 4 is 17.3 Å². The Labute approximate surface area is 183 Å². The molecule has 3 rings (SSSR count). The first-order valence-electron chi connectivity index (χ1n) is 10.6. The smallest absolute Gasteiger partial charge is 0.228 e. The van der Waals surface area contributed by atoms with Crippen molar-refractivity contribution < 1.29 is 23.4 Å². The third-order valence-corrected chi connectivity index (χ3v) is 5.82. The highest BCUT2D eigenvalue weighted by Crippen LogP contribution is 2.38. The van der Waals surface area contributed by atoms with Gasteiger partial charge in [-0.1, -0.05) is 19.3 Å². The molecule has 0 bridgehead atoms. The Hall–Kier alpha value is -2.96. The Morgan fingerprint density at radius 3 is 2.23 bits per heavy atom. The molecule has 0 atom stereocenters. The van der Waals surface area contributed by atoms with Crippen molar-refractivity contribution in [1.82, 2.24) is 0 Å². The van der Waals surface area contributed by atoms with Crippen LogP contribution in [0.2, 0.25) is 0 Å². The van der Waals surface area contributed by atoms with Gasteiger partial charge in [0.2, 0.25) is 11.7 Å². The van der Waals surface area contributed by atoms with Gasteiger partial charge >= 0.3 is 0 Å². The number of amides is 1. The van der Waals surface area contributed by atoms with E-state index in [4.69, 9.17) is 14.2 Å². The van der Waals surface area contributed by atoms with Crippen molar-refractivity contribution in [2.45, 2.75) is 44.6 Å². The molecule has 1 fully saturated rings. The number of anilines is 2. The van der Waals surface area contributed by atoms with Gasteiger partial charge in [0.05, 0.1) is 33.4 Å². The molecule has 0 aromatic heterocycles. The summed E-state index contributed by atoms with van der Waals surface area (Å²) in [5.74, 6) is 0.825. The molecule has 2 aromatic carbocycles. The Bertz CT molecular complexity index is 887. The number of rotatable bonds is 8. The highest BCUT2D eigenvalue weighted by Gasteiger charge is 2.21. The summed E-state index contributed by atoms with van der Waals surface area (Å²) < 4.78 is 30.7. The van der Waals surface area contributed by atoms with E-state index in [9.17, 15) is 9.18 Å². The number of benzene rings is 2. The quantitative estimate of drug-likeness (QED) is 0.652. The van der Waals surface area contributed by atoms with Gasteiger partial charge < -0.3 is 24.4 Å². The summed E-state index contributed by atoms with van der Waals surface area (Å²) in [6, 6.07) is 8.67. The fourth-order valence-electron chi connectivity index (χ4n) is 4.16. The number of carbonyl (C=O) groups is 1. The van der Waals surface area contributed by atoms with Crippen LogP contribution in [-0.2, 0) is 11.2 Å². The normalized spacial score (nSPS) is 14.1. The fraction of sp³-hybridized carbons (Fsp3) is 0.458. The van der Waals surface area contributed by atoms with Crippen LogP contribution in [0.4, 0.5) is 15.8 Å². The van der Waals surface area contributed by atoms with Gasteiger partial charge in [-0.25, -0.2) is 4.39 Å². The molecule has 6 nitrogen and oxygen atoms in total. The minimum Gasteiger partial charge on any atom is -0.493 e. The third-order valence-electron chi connectivity index (χ3n) is 5.82. The van der Waals surface area contributed by atoms with Crippen molar-refractivity contribution in [1.29, 1.82) is 0 Å². The summed E-state index contributed by atoms with van der Waals surface area (Å²) >= 11 is 0. The summed E-state index contributed by atoms with van der Waals surface area (Å²) in [5, 5.41) is 2.77. The summed E-state index contributed by atoms with van der Waals surface area (Å²) in [6.07, 6.45) is 5.88. The van der Waals surface area contributed by atoms with Crippen LogP contribution in [0.5, 0.6) is 17.2 Å². The lowest BCUT2D eigenvalue weighted by atomic mass is 9.94. The predicted molar refractivity (Wildman–Crippen MR) is 120 cm³/mol. The van der Waals surface area contributed by atoms with Crippen molar-refractivity contribution in [3.63, 3.8) is 0 Å². The van der Waals surface area contributed by atoms with Gasteiger partial charge in [0.1, 0.15) is 5.82 Å². The Morgan fingerprint density at radius 1 is 1.03 bits per heavy atom. The Balaban J connectivity index is 1.69. The molecule has 0 spiro atoms. The number of methoxy groups -OCH3 is 3. The van der Waals surface area contributed by atoms with E-state index in [1.165, 1.54) is 46.7 Å². The molecule has 0 radical (unpaired) electrons. The first-order chi connectivity index (χ1) is 15.0. The summed E-state index contributed by atoms with van der Waals surface area (Å²) in [5.41, 5.74) is 1.69. The maximum absolute atomic E-state index is 14.8. The first kappa shape index (κ1) is 22.7. The van der Waals surface area contributed by atoms with Crippen molar-refractivity contribution in [2.75, 3.05) is 38.6 Å². The highest BCUT2D eigenvalue weighted by atomic mass is 19.1. The molecule has 0 aliphatic heterocycles. The average molecular weight is 431 g/mol. The number of carbonyl (C=O) groups excluding carboxylic acids is 1. The van der Waals surface area contributed by atoms with Crippen molar-refractivity contribution in [3.05, 3.63) is 41.7 Å². The molecule has 1 amide bonds. The molecule has 7 heteroatoms. The van der Waals surface area contributed by atoms with Crippen LogP contribution in [0, 0.1) is 5.82 Å². The van der Waals surface area contributed by atoms with Crippen LogP contribution in [0.3, 0.4) is 0 Å². The van der Waals surface area contributed by atoms with Gasteiger partial charge in [-0.2, -0.15) is 0 Å². The molecule has 168 valence electrons. The number of ether oxygens (including phenoxy) is 3. The monoisotopic (exact) mass is 430 g/mol. The summed E-state index contributed by atoms with van der Waals surface area (Å²) in [6.45, 7) is 0. The van der Waals surface area contributed by atoms with Crippen LogP contribution in [0.1, 0.15) is 37.7 Å². The third kappa shape index (κ3) is 5.40. The standard InChI is InChI=1S/C24H31FN2O4/c1-27(18-8-6-5-7-9-18)20-11-10-17(15-19(20)25)26-23(28)14-16-12-21(29-2)24(31-4)22(13-16)30-3/h10-13,15,18H,5-9,14H2,1-4H3,(H,26,28). The number of hydrogen-bond acceptors (Lipinski definition) is 5. The molecule has 1 N–H and O–H groups in total. The molecular formula is C24H31FN2O4. The zero-order valence-corrected chi connectivity index (χ0v) is 18.7. The molecule has 1 aliphatic carbocycles. The van der Waals surface area contributed by atoms with E-state index in [-0.39, 0.29) is 18.1 Å². The lowest BCUT2D eigenvalue weighted by Gasteiger charge is -2.33. The molecule has 31 heavy (non-hydrogen) atoms. The topological polar surface area (TPSA) is 60.0 Å². The molecule has 1 aliphatic rings. The van der Waals surface area contributed by atoms with Crippen LogP contribution >= 0.6 is 0 Å². The average Bonchev–Trinajstić information content (AvgIpc) is 2.78. The van der Waals surface area contributed by atoms with E-state index in [1.54, 1.807) is 24.3 Å². The Morgan fingerprint density at radius 2 is 1.68 bits per heavy atom. The van der Waals surface area contributed by atoms with Crippen molar-refractivity contribution in [2.24, 2.45) is 0 Å². The molecule has 1 saturated carbocycles. The Kier molecular flexibility index (Phi) is 7.60. The minimum absolute atomic E-state index is 0.0854. The van der Waals surface area contributed by atoms with E-state index in [0.717, 1.165) is 12.8 Å². The van der Waals surface area contributed by atoms with Crippen LogP contribution < -0.4 is 24.4 Å². The molecule has 0 saturated heterocycles. The molecule has 0 heterocycles. The van der Waals surface area contributed by atoms with Gasteiger partial charge in [0.15, 0.2) is 11.5 Å². The minimum atomic E-state index is -0.335. The number of nitrogens with zero attached hydrogens (tertiary/aromatic N) is 1. The zero-order valence-electron chi connectivity index (χ0n) is 18.7.